The van der Waals surface area contributed by atoms with Crippen molar-refractivity contribution in [2.24, 2.45) is 4.99 Å². The second-order valence-corrected chi connectivity index (χ2v) is 5.88. The zero-order valence-corrected chi connectivity index (χ0v) is 13.8. The van der Waals surface area contributed by atoms with E-state index in [0.29, 0.717) is 18.9 Å². The topological polar surface area (TPSA) is 74.8 Å². The summed E-state index contributed by atoms with van der Waals surface area (Å²) >= 11 is 0. The fourth-order valence-electron chi connectivity index (χ4n) is 2.21. The van der Waals surface area contributed by atoms with Gasteiger partial charge in [0.05, 0.1) is 5.60 Å². The third kappa shape index (κ3) is 6.80. The molecule has 0 aromatic rings. The molecule has 1 heterocycles. The van der Waals surface area contributed by atoms with Gasteiger partial charge in [0.1, 0.15) is 0 Å². The summed E-state index contributed by atoms with van der Waals surface area (Å²) in [5.41, 5.74) is -0.106. The van der Waals surface area contributed by atoms with Crippen molar-refractivity contribution in [3.8, 4) is 0 Å². The highest BCUT2D eigenvalue weighted by molar-refractivity contribution is 5.81. The number of carbonyl (C=O) groups is 1. The molecule has 2 atom stereocenters. The van der Waals surface area contributed by atoms with Crippen molar-refractivity contribution in [2.75, 3.05) is 26.7 Å². The molecule has 1 amide bonds. The molecule has 0 aromatic heterocycles. The van der Waals surface area contributed by atoms with E-state index in [9.17, 15) is 4.79 Å². The number of hydrogen-bond acceptors (Lipinski definition) is 3. The van der Waals surface area contributed by atoms with Gasteiger partial charge >= 0.3 is 0 Å². The number of rotatable bonds is 7. The van der Waals surface area contributed by atoms with Gasteiger partial charge < -0.3 is 20.7 Å². The van der Waals surface area contributed by atoms with E-state index in [0.717, 1.165) is 32.4 Å². The Labute approximate surface area is 128 Å². The lowest BCUT2D eigenvalue weighted by atomic mass is 10.0. The Morgan fingerprint density at radius 2 is 2.19 bits per heavy atom. The average molecular weight is 298 g/mol. The maximum Gasteiger partial charge on any atom is 0.221 e. The third-order valence-electron chi connectivity index (χ3n) is 3.82. The van der Waals surface area contributed by atoms with Gasteiger partial charge in [0.25, 0.3) is 0 Å². The van der Waals surface area contributed by atoms with E-state index in [-0.39, 0.29) is 17.6 Å². The molecular formula is C15H30N4O2. The lowest BCUT2D eigenvalue weighted by molar-refractivity contribution is -0.121. The normalized spacial score (nSPS) is 23.7. The minimum absolute atomic E-state index is 0.0680. The van der Waals surface area contributed by atoms with Crippen LogP contribution in [0.2, 0.25) is 0 Å². The number of nitrogens with zero attached hydrogens (tertiary/aromatic N) is 1. The summed E-state index contributed by atoms with van der Waals surface area (Å²) < 4.78 is 5.72. The number of guanidine groups is 1. The summed E-state index contributed by atoms with van der Waals surface area (Å²) in [6.45, 7) is 8.31. The second-order valence-electron chi connectivity index (χ2n) is 5.88. The summed E-state index contributed by atoms with van der Waals surface area (Å²) in [5, 5.41) is 9.36. The molecule has 122 valence electrons. The molecule has 0 aromatic carbocycles. The van der Waals surface area contributed by atoms with Crippen LogP contribution in [0, 0.1) is 0 Å². The minimum Gasteiger partial charge on any atom is -0.373 e. The molecular weight excluding hydrogens is 268 g/mol. The van der Waals surface area contributed by atoms with Crippen molar-refractivity contribution < 1.29 is 9.53 Å². The SMILES string of the molecule is CCC(C)NC(=O)CCNC(=NC)NCC1(C)CCCO1. The van der Waals surface area contributed by atoms with Crippen molar-refractivity contribution in [1.29, 1.82) is 0 Å². The molecule has 1 aliphatic heterocycles. The molecule has 21 heavy (non-hydrogen) atoms. The van der Waals surface area contributed by atoms with E-state index in [1.807, 2.05) is 6.92 Å². The summed E-state index contributed by atoms with van der Waals surface area (Å²) in [4.78, 5) is 15.8. The Kier molecular flexibility index (Phi) is 7.50. The first kappa shape index (κ1) is 17.8. The van der Waals surface area contributed by atoms with E-state index in [1.54, 1.807) is 7.05 Å². The lowest BCUT2D eigenvalue weighted by Crippen LogP contribution is -2.46. The first-order valence-electron chi connectivity index (χ1n) is 7.87. The summed E-state index contributed by atoms with van der Waals surface area (Å²) in [6, 6.07) is 0.231. The van der Waals surface area contributed by atoms with Crippen molar-refractivity contribution in [2.45, 2.75) is 58.1 Å². The van der Waals surface area contributed by atoms with E-state index in [2.05, 4.69) is 34.8 Å². The number of hydrogen-bond donors (Lipinski definition) is 3. The average Bonchev–Trinajstić information content (AvgIpc) is 2.89. The van der Waals surface area contributed by atoms with Gasteiger partial charge in [-0.3, -0.25) is 9.79 Å². The van der Waals surface area contributed by atoms with Crippen molar-refractivity contribution in [3.63, 3.8) is 0 Å². The van der Waals surface area contributed by atoms with Gasteiger partial charge in [-0.1, -0.05) is 6.92 Å². The Morgan fingerprint density at radius 3 is 2.76 bits per heavy atom. The predicted octanol–water partition coefficient (Wildman–Crippen LogP) is 1.03. The molecule has 1 aliphatic rings. The highest BCUT2D eigenvalue weighted by atomic mass is 16.5. The van der Waals surface area contributed by atoms with Crippen LogP contribution in [0.15, 0.2) is 4.99 Å². The molecule has 0 saturated carbocycles. The van der Waals surface area contributed by atoms with Gasteiger partial charge in [0.15, 0.2) is 5.96 Å². The van der Waals surface area contributed by atoms with Gasteiger partial charge in [0, 0.05) is 39.2 Å². The predicted molar refractivity (Wildman–Crippen MR) is 85.5 cm³/mol. The Bertz CT molecular complexity index is 352. The van der Waals surface area contributed by atoms with Crippen LogP contribution in [0.5, 0.6) is 0 Å². The van der Waals surface area contributed by atoms with Crippen LogP contribution < -0.4 is 16.0 Å². The Morgan fingerprint density at radius 1 is 1.43 bits per heavy atom. The van der Waals surface area contributed by atoms with Crippen LogP contribution in [0.1, 0.15) is 46.5 Å². The smallest absolute Gasteiger partial charge is 0.221 e. The first-order valence-corrected chi connectivity index (χ1v) is 7.87. The molecule has 1 saturated heterocycles. The van der Waals surface area contributed by atoms with Crippen LogP contribution in [-0.4, -0.2) is 50.3 Å². The van der Waals surface area contributed by atoms with Crippen LogP contribution in [0.3, 0.4) is 0 Å². The lowest BCUT2D eigenvalue weighted by Gasteiger charge is -2.24. The maximum atomic E-state index is 11.7. The molecule has 6 heteroatoms. The molecule has 0 spiro atoms. The zero-order chi connectivity index (χ0) is 15.7. The summed E-state index contributed by atoms with van der Waals surface area (Å²) in [5.74, 6) is 0.779. The summed E-state index contributed by atoms with van der Waals surface area (Å²) in [7, 11) is 1.73. The Balaban J connectivity index is 2.21. The van der Waals surface area contributed by atoms with Crippen LogP contribution in [0.4, 0.5) is 0 Å². The zero-order valence-electron chi connectivity index (χ0n) is 13.8. The number of amides is 1. The highest BCUT2D eigenvalue weighted by Crippen LogP contribution is 2.23. The molecule has 3 N–H and O–H groups in total. The van der Waals surface area contributed by atoms with Crippen molar-refractivity contribution in [1.82, 2.24) is 16.0 Å². The van der Waals surface area contributed by atoms with Gasteiger partial charge in [-0.05, 0) is 33.1 Å². The van der Waals surface area contributed by atoms with E-state index in [4.69, 9.17) is 4.74 Å². The molecule has 2 unspecified atom stereocenters. The van der Waals surface area contributed by atoms with E-state index >= 15 is 0 Å². The van der Waals surface area contributed by atoms with Crippen LogP contribution >= 0.6 is 0 Å². The monoisotopic (exact) mass is 298 g/mol. The number of ether oxygens (including phenoxy) is 1. The molecule has 0 radical (unpaired) electrons. The third-order valence-corrected chi connectivity index (χ3v) is 3.82. The maximum absolute atomic E-state index is 11.7. The molecule has 1 rings (SSSR count). The van der Waals surface area contributed by atoms with Crippen LogP contribution in [0.25, 0.3) is 0 Å². The highest BCUT2D eigenvalue weighted by Gasteiger charge is 2.29. The quantitative estimate of drug-likeness (QED) is 0.485. The van der Waals surface area contributed by atoms with Gasteiger partial charge in [0.2, 0.25) is 5.91 Å². The second kappa shape index (κ2) is 8.87. The number of aliphatic imine (C=N–C) groups is 1. The molecule has 6 nitrogen and oxygen atoms in total. The molecule has 0 aliphatic carbocycles. The van der Waals surface area contributed by atoms with Gasteiger partial charge in [-0.2, -0.15) is 0 Å². The van der Waals surface area contributed by atoms with Gasteiger partial charge in [-0.25, -0.2) is 0 Å². The standard InChI is InChI=1S/C15H30N4O2/c1-5-12(2)19-13(20)7-9-17-14(16-4)18-11-15(3)8-6-10-21-15/h12H,5-11H2,1-4H3,(H,19,20)(H2,16,17,18). The fraction of sp³-hybridized carbons (Fsp3) is 0.867. The first-order chi connectivity index (χ1) is 9.99. The minimum atomic E-state index is -0.106. The van der Waals surface area contributed by atoms with Crippen molar-refractivity contribution >= 4 is 11.9 Å². The van der Waals surface area contributed by atoms with Gasteiger partial charge in [-0.15, -0.1) is 0 Å². The van der Waals surface area contributed by atoms with E-state index < -0.39 is 0 Å². The van der Waals surface area contributed by atoms with Crippen LogP contribution in [-0.2, 0) is 9.53 Å². The van der Waals surface area contributed by atoms with E-state index in [1.165, 1.54) is 0 Å². The number of nitrogens with one attached hydrogen (secondary N) is 3. The fourth-order valence-corrected chi connectivity index (χ4v) is 2.21. The largest absolute Gasteiger partial charge is 0.373 e. The summed E-state index contributed by atoms with van der Waals surface area (Å²) in [6.07, 6.45) is 3.56. The Hall–Kier alpha value is -1.30. The van der Waals surface area contributed by atoms with Crippen molar-refractivity contribution in [3.05, 3.63) is 0 Å². The molecule has 0 bridgehead atoms. The number of carbonyl (C=O) groups excluding carboxylic acids is 1. The molecule has 1 fully saturated rings.